The van der Waals surface area contributed by atoms with E-state index < -0.39 is 0 Å². The third-order valence-corrected chi connectivity index (χ3v) is 4.48. The molecule has 5 heteroatoms. The summed E-state index contributed by atoms with van der Waals surface area (Å²) in [5.41, 5.74) is -0.169. The quantitative estimate of drug-likeness (QED) is 0.862. The molecule has 1 aromatic carbocycles. The zero-order valence-electron chi connectivity index (χ0n) is 10.8. The summed E-state index contributed by atoms with van der Waals surface area (Å²) in [6, 6.07) is 7.27. The van der Waals surface area contributed by atoms with Gasteiger partial charge in [0.2, 0.25) is 0 Å². The van der Waals surface area contributed by atoms with Gasteiger partial charge in [-0.25, -0.2) is 0 Å². The van der Waals surface area contributed by atoms with Gasteiger partial charge in [-0.15, -0.1) is 0 Å². The minimum atomic E-state index is -0.169. The lowest BCUT2D eigenvalue weighted by atomic mass is 10.1. The third-order valence-electron chi connectivity index (χ3n) is 3.25. The van der Waals surface area contributed by atoms with Gasteiger partial charge < -0.3 is 0 Å². The Hall–Kier alpha value is -1.07. The fourth-order valence-corrected chi connectivity index (χ4v) is 3.34. The summed E-state index contributed by atoms with van der Waals surface area (Å²) < 4.78 is 2.12. The van der Waals surface area contributed by atoms with Gasteiger partial charge in [-0.1, -0.05) is 30.4 Å². The van der Waals surface area contributed by atoms with E-state index in [9.17, 15) is 9.59 Å². The molecule has 0 saturated carbocycles. The summed E-state index contributed by atoms with van der Waals surface area (Å²) in [6.45, 7) is 2.62. The minimum absolute atomic E-state index is 0.165. The average molecular weight is 295 g/mol. The van der Waals surface area contributed by atoms with Crippen molar-refractivity contribution >= 4 is 34.1 Å². The molecule has 2 aromatic rings. The minimum Gasteiger partial charge on any atom is -0.269 e. The summed E-state index contributed by atoms with van der Waals surface area (Å²) in [4.78, 5) is 24.1. The first kappa shape index (κ1) is 14.3. The Morgan fingerprint density at radius 3 is 2.74 bits per heavy atom. The monoisotopic (exact) mass is 295 g/mol. The van der Waals surface area contributed by atoms with Crippen LogP contribution in [0.1, 0.15) is 19.8 Å². The van der Waals surface area contributed by atoms with Crippen LogP contribution >= 0.6 is 24.0 Å². The summed E-state index contributed by atoms with van der Waals surface area (Å²) in [6.07, 6.45) is 1.84. The van der Waals surface area contributed by atoms with Crippen LogP contribution in [0.5, 0.6) is 0 Å². The summed E-state index contributed by atoms with van der Waals surface area (Å²) in [5.74, 6) is 1.31. The molecule has 19 heavy (non-hydrogen) atoms. The maximum atomic E-state index is 12.3. The molecule has 0 bridgehead atoms. The van der Waals surface area contributed by atoms with E-state index in [2.05, 4.69) is 19.6 Å². The average Bonchev–Trinajstić information content (AvgIpc) is 2.39. The molecule has 0 fully saturated rings. The van der Waals surface area contributed by atoms with Crippen LogP contribution in [0.25, 0.3) is 10.1 Å². The molecule has 0 aliphatic carbocycles. The molecule has 3 nitrogen and oxygen atoms in total. The standard InChI is InChI=1S/C14H17NO2S2/c1-10(7-9-18)6-8-15-13(16)11-4-2-3-5-12(11)19-14(15)17/h2-5,10,18H,6-9H2,1H3. The van der Waals surface area contributed by atoms with Crippen LogP contribution in [0.15, 0.2) is 33.9 Å². The van der Waals surface area contributed by atoms with Gasteiger partial charge in [-0.3, -0.25) is 14.2 Å². The van der Waals surface area contributed by atoms with E-state index in [0.29, 0.717) is 17.8 Å². The summed E-state index contributed by atoms with van der Waals surface area (Å²) in [7, 11) is 0. The maximum absolute atomic E-state index is 12.3. The number of thiol groups is 1. The number of aromatic nitrogens is 1. The van der Waals surface area contributed by atoms with Crippen LogP contribution in [0.2, 0.25) is 0 Å². The van der Waals surface area contributed by atoms with Gasteiger partial charge in [-0.05, 0) is 36.6 Å². The Kier molecular flexibility index (Phi) is 4.82. The van der Waals surface area contributed by atoms with Crippen LogP contribution in [0, 0.1) is 5.92 Å². The van der Waals surface area contributed by atoms with Gasteiger partial charge >= 0.3 is 4.87 Å². The summed E-state index contributed by atoms with van der Waals surface area (Å²) >= 11 is 5.34. The largest absolute Gasteiger partial charge is 0.310 e. The van der Waals surface area contributed by atoms with Crippen molar-refractivity contribution in [3.05, 3.63) is 44.3 Å². The molecular weight excluding hydrogens is 278 g/mol. The molecule has 1 aromatic heterocycles. The van der Waals surface area contributed by atoms with Crippen molar-refractivity contribution in [3.63, 3.8) is 0 Å². The van der Waals surface area contributed by atoms with Crippen LogP contribution < -0.4 is 10.4 Å². The van der Waals surface area contributed by atoms with E-state index in [0.717, 1.165) is 34.6 Å². The number of fused-ring (bicyclic) bond motifs is 1. The van der Waals surface area contributed by atoms with Crippen molar-refractivity contribution in [3.8, 4) is 0 Å². The van der Waals surface area contributed by atoms with Crippen molar-refractivity contribution in [2.24, 2.45) is 5.92 Å². The molecule has 1 atom stereocenters. The third kappa shape index (κ3) is 3.28. The second-order valence-corrected chi connectivity index (χ2v) is 6.17. The lowest BCUT2D eigenvalue weighted by molar-refractivity contribution is 0.464. The normalized spacial score (nSPS) is 12.7. The zero-order valence-corrected chi connectivity index (χ0v) is 12.5. The van der Waals surface area contributed by atoms with E-state index in [1.807, 2.05) is 18.2 Å². The van der Waals surface area contributed by atoms with E-state index in [4.69, 9.17) is 0 Å². The van der Waals surface area contributed by atoms with Gasteiger partial charge in [0.1, 0.15) is 0 Å². The molecule has 1 unspecified atom stereocenters. The number of hydrogen-bond donors (Lipinski definition) is 1. The van der Waals surface area contributed by atoms with Crippen molar-refractivity contribution in [2.75, 3.05) is 5.75 Å². The van der Waals surface area contributed by atoms with Gasteiger partial charge in [0.15, 0.2) is 0 Å². The van der Waals surface area contributed by atoms with Crippen molar-refractivity contribution in [1.82, 2.24) is 4.57 Å². The number of nitrogens with zero attached hydrogens (tertiary/aromatic N) is 1. The number of rotatable bonds is 5. The molecule has 0 N–H and O–H groups in total. The highest BCUT2D eigenvalue weighted by Gasteiger charge is 2.09. The van der Waals surface area contributed by atoms with Gasteiger partial charge in [-0.2, -0.15) is 12.6 Å². The predicted octanol–water partition coefficient (Wildman–Crippen LogP) is 2.77. The summed E-state index contributed by atoms with van der Waals surface area (Å²) in [5, 5.41) is 0.633. The molecule has 0 aliphatic heterocycles. The highest BCUT2D eigenvalue weighted by atomic mass is 32.1. The molecule has 0 saturated heterocycles. The van der Waals surface area contributed by atoms with E-state index >= 15 is 0 Å². The smallest absolute Gasteiger partial charge is 0.269 e. The molecule has 2 rings (SSSR count). The number of hydrogen-bond acceptors (Lipinski definition) is 4. The first-order valence-corrected chi connectivity index (χ1v) is 7.82. The second-order valence-electron chi connectivity index (χ2n) is 4.73. The fourth-order valence-electron chi connectivity index (χ4n) is 2.02. The molecule has 1 heterocycles. The Morgan fingerprint density at radius 2 is 2.00 bits per heavy atom. The maximum Gasteiger partial charge on any atom is 0.310 e. The van der Waals surface area contributed by atoms with Gasteiger partial charge in [0.05, 0.1) is 5.39 Å². The van der Waals surface area contributed by atoms with Gasteiger partial charge in [0.25, 0.3) is 5.56 Å². The zero-order chi connectivity index (χ0) is 13.8. The topological polar surface area (TPSA) is 39.1 Å². The van der Waals surface area contributed by atoms with Crippen molar-refractivity contribution in [2.45, 2.75) is 26.3 Å². The Labute approximate surface area is 121 Å². The van der Waals surface area contributed by atoms with E-state index in [-0.39, 0.29) is 10.4 Å². The SMILES string of the molecule is CC(CCS)CCn1c(=O)sc2ccccc2c1=O. The van der Waals surface area contributed by atoms with Crippen LogP contribution in [0.4, 0.5) is 0 Å². The molecule has 0 radical (unpaired) electrons. The first-order valence-electron chi connectivity index (χ1n) is 6.37. The van der Waals surface area contributed by atoms with Crippen LogP contribution in [-0.2, 0) is 6.54 Å². The molecular formula is C14H17NO2S2. The van der Waals surface area contributed by atoms with Gasteiger partial charge in [0, 0.05) is 11.2 Å². The van der Waals surface area contributed by atoms with Crippen molar-refractivity contribution < 1.29 is 0 Å². The highest BCUT2D eigenvalue weighted by Crippen LogP contribution is 2.12. The number of benzene rings is 1. The Morgan fingerprint density at radius 1 is 1.26 bits per heavy atom. The van der Waals surface area contributed by atoms with Crippen LogP contribution in [-0.4, -0.2) is 10.3 Å². The first-order chi connectivity index (χ1) is 9.13. The Bertz CT molecular complexity index is 675. The lowest BCUT2D eigenvalue weighted by Gasteiger charge is -2.10. The lowest BCUT2D eigenvalue weighted by Crippen LogP contribution is -2.31. The second kappa shape index (κ2) is 6.39. The molecule has 0 spiro atoms. The van der Waals surface area contributed by atoms with Crippen LogP contribution in [0.3, 0.4) is 0 Å². The predicted molar refractivity (Wildman–Crippen MR) is 84.6 cm³/mol. The molecule has 0 aliphatic rings. The fraction of sp³-hybridized carbons (Fsp3) is 0.429. The Balaban J connectivity index is 2.33. The molecule has 102 valence electrons. The van der Waals surface area contributed by atoms with Crippen molar-refractivity contribution in [1.29, 1.82) is 0 Å². The molecule has 0 amide bonds. The highest BCUT2D eigenvalue weighted by molar-refractivity contribution is 7.80. The van der Waals surface area contributed by atoms with E-state index in [1.54, 1.807) is 6.07 Å². The van der Waals surface area contributed by atoms with E-state index in [1.165, 1.54) is 4.57 Å².